The third kappa shape index (κ3) is 3.49. The molecule has 1 unspecified atom stereocenters. The summed E-state index contributed by atoms with van der Waals surface area (Å²) in [6.45, 7) is 6.63. The van der Waals surface area contributed by atoms with Crippen LogP contribution in [0.1, 0.15) is 61.4 Å². The van der Waals surface area contributed by atoms with Crippen LogP contribution in [0.4, 0.5) is 0 Å². The fourth-order valence-electron chi connectivity index (χ4n) is 2.51. The lowest BCUT2D eigenvalue weighted by molar-refractivity contribution is 0.843. The van der Waals surface area contributed by atoms with Crippen LogP contribution in [0.25, 0.3) is 0 Å². The Morgan fingerprint density at radius 1 is 0.900 bits per heavy atom. The van der Waals surface area contributed by atoms with E-state index in [1.807, 2.05) is 0 Å². The first-order chi connectivity index (χ1) is 9.61. The van der Waals surface area contributed by atoms with Crippen LogP contribution in [-0.2, 0) is 6.42 Å². The molecule has 0 bridgehead atoms. The van der Waals surface area contributed by atoms with E-state index in [0.29, 0.717) is 5.92 Å². The Bertz CT molecular complexity index is 540. The minimum atomic E-state index is -0.0342. The van der Waals surface area contributed by atoms with E-state index in [2.05, 4.69) is 69.3 Å². The SMILES string of the molecule is CCCc1cccc(C(N)c2ccc(C(C)C)cc2)c1. The summed E-state index contributed by atoms with van der Waals surface area (Å²) >= 11 is 0. The quantitative estimate of drug-likeness (QED) is 0.826. The van der Waals surface area contributed by atoms with Gasteiger partial charge in [0, 0.05) is 0 Å². The molecule has 0 fully saturated rings. The molecule has 0 aliphatic carbocycles. The van der Waals surface area contributed by atoms with Crippen molar-refractivity contribution in [3.05, 3.63) is 70.8 Å². The summed E-state index contributed by atoms with van der Waals surface area (Å²) in [7, 11) is 0. The molecule has 0 saturated heterocycles. The van der Waals surface area contributed by atoms with Gasteiger partial charge in [0.1, 0.15) is 0 Å². The maximum absolute atomic E-state index is 6.41. The molecule has 0 heterocycles. The summed E-state index contributed by atoms with van der Waals surface area (Å²) < 4.78 is 0. The van der Waals surface area contributed by atoms with Crippen molar-refractivity contribution < 1.29 is 0 Å². The summed E-state index contributed by atoms with van der Waals surface area (Å²) in [6, 6.07) is 17.3. The number of hydrogen-bond acceptors (Lipinski definition) is 1. The molecule has 2 aromatic carbocycles. The summed E-state index contributed by atoms with van der Waals surface area (Å²) in [5, 5.41) is 0. The molecule has 1 heteroatoms. The molecule has 1 atom stereocenters. The highest BCUT2D eigenvalue weighted by molar-refractivity contribution is 5.35. The van der Waals surface area contributed by atoms with Gasteiger partial charge in [-0.15, -0.1) is 0 Å². The predicted octanol–water partition coefficient (Wildman–Crippen LogP) is 4.81. The van der Waals surface area contributed by atoms with Gasteiger partial charge in [0.25, 0.3) is 0 Å². The second-order valence-electron chi connectivity index (χ2n) is 5.79. The van der Waals surface area contributed by atoms with E-state index in [4.69, 9.17) is 5.73 Å². The monoisotopic (exact) mass is 267 g/mol. The van der Waals surface area contributed by atoms with E-state index in [1.165, 1.54) is 28.7 Å². The van der Waals surface area contributed by atoms with Crippen molar-refractivity contribution in [1.29, 1.82) is 0 Å². The van der Waals surface area contributed by atoms with Crippen molar-refractivity contribution in [3.63, 3.8) is 0 Å². The zero-order chi connectivity index (χ0) is 14.5. The second kappa shape index (κ2) is 6.71. The third-order valence-electron chi connectivity index (χ3n) is 3.81. The van der Waals surface area contributed by atoms with Crippen LogP contribution >= 0.6 is 0 Å². The van der Waals surface area contributed by atoms with E-state index >= 15 is 0 Å². The van der Waals surface area contributed by atoms with Crippen LogP contribution in [0, 0.1) is 0 Å². The van der Waals surface area contributed by atoms with Gasteiger partial charge in [-0.05, 0) is 34.6 Å². The second-order valence-corrected chi connectivity index (χ2v) is 5.79. The number of benzene rings is 2. The van der Waals surface area contributed by atoms with Crippen LogP contribution in [0.5, 0.6) is 0 Å². The molecule has 2 N–H and O–H groups in total. The smallest absolute Gasteiger partial charge is 0.0551 e. The van der Waals surface area contributed by atoms with Gasteiger partial charge >= 0.3 is 0 Å². The van der Waals surface area contributed by atoms with Gasteiger partial charge in [-0.25, -0.2) is 0 Å². The summed E-state index contributed by atoms with van der Waals surface area (Å²) in [4.78, 5) is 0. The molecule has 0 spiro atoms. The van der Waals surface area contributed by atoms with Gasteiger partial charge in [-0.3, -0.25) is 0 Å². The Kier molecular flexibility index (Phi) is 4.97. The van der Waals surface area contributed by atoms with E-state index < -0.39 is 0 Å². The predicted molar refractivity (Wildman–Crippen MR) is 87.0 cm³/mol. The Balaban J connectivity index is 2.21. The van der Waals surface area contributed by atoms with E-state index in [-0.39, 0.29) is 6.04 Å². The van der Waals surface area contributed by atoms with Crippen LogP contribution in [0.3, 0.4) is 0 Å². The molecule has 0 amide bonds. The fourth-order valence-corrected chi connectivity index (χ4v) is 2.51. The molecule has 1 nitrogen and oxygen atoms in total. The number of aryl methyl sites for hydroxylation is 1. The van der Waals surface area contributed by atoms with Gasteiger partial charge < -0.3 is 5.73 Å². The van der Waals surface area contributed by atoms with Gasteiger partial charge in [0.05, 0.1) is 6.04 Å². The Hall–Kier alpha value is -1.60. The maximum atomic E-state index is 6.41. The molecule has 0 aliphatic rings. The molecular formula is C19H25N. The highest BCUT2D eigenvalue weighted by atomic mass is 14.6. The Morgan fingerprint density at radius 2 is 1.55 bits per heavy atom. The standard InChI is InChI=1S/C19H25N/c1-4-6-15-7-5-8-18(13-15)19(20)17-11-9-16(10-12-17)14(2)3/h5,7-14,19H,4,6,20H2,1-3H3. The van der Waals surface area contributed by atoms with E-state index in [1.54, 1.807) is 0 Å². The summed E-state index contributed by atoms with van der Waals surface area (Å²) in [5.41, 5.74) is 11.5. The van der Waals surface area contributed by atoms with Crippen molar-refractivity contribution in [2.75, 3.05) is 0 Å². The molecular weight excluding hydrogens is 242 g/mol. The van der Waals surface area contributed by atoms with Crippen molar-refractivity contribution in [3.8, 4) is 0 Å². The molecule has 0 radical (unpaired) electrons. The average molecular weight is 267 g/mol. The lowest BCUT2D eigenvalue weighted by atomic mass is 9.94. The van der Waals surface area contributed by atoms with Crippen molar-refractivity contribution in [2.24, 2.45) is 5.73 Å². The number of hydrogen-bond donors (Lipinski definition) is 1. The van der Waals surface area contributed by atoms with Crippen LogP contribution < -0.4 is 5.73 Å². The van der Waals surface area contributed by atoms with Crippen LogP contribution in [-0.4, -0.2) is 0 Å². The molecule has 2 rings (SSSR count). The van der Waals surface area contributed by atoms with E-state index in [9.17, 15) is 0 Å². The molecule has 0 saturated carbocycles. The molecule has 20 heavy (non-hydrogen) atoms. The highest BCUT2D eigenvalue weighted by Gasteiger charge is 2.09. The molecule has 0 aromatic heterocycles. The highest BCUT2D eigenvalue weighted by Crippen LogP contribution is 2.23. The van der Waals surface area contributed by atoms with Crippen LogP contribution in [0.2, 0.25) is 0 Å². The zero-order valence-electron chi connectivity index (χ0n) is 12.8. The molecule has 2 aromatic rings. The average Bonchev–Trinajstić information content (AvgIpc) is 2.47. The Morgan fingerprint density at radius 3 is 2.15 bits per heavy atom. The minimum Gasteiger partial charge on any atom is -0.320 e. The number of nitrogens with two attached hydrogens (primary N) is 1. The maximum Gasteiger partial charge on any atom is 0.0551 e. The lowest BCUT2D eigenvalue weighted by Gasteiger charge is -2.15. The third-order valence-corrected chi connectivity index (χ3v) is 3.81. The van der Waals surface area contributed by atoms with Gasteiger partial charge in [-0.2, -0.15) is 0 Å². The summed E-state index contributed by atoms with van der Waals surface area (Å²) in [6.07, 6.45) is 2.29. The van der Waals surface area contributed by atoms with Gasteiger partial charge in [0.2, 0.25) is 0 Å². The van der Waals surface area contributed by atoms with Gasteiger partial charge in [-0.1, -0.05) is 75.7 Å². The first-order valence-corrected chi connectivity index (χ1v) is 7.56. The van der Waals surface area contributed by atoms with Crippen molar-refractivity contribution >= 4 is 0 Å². The molecule has 106 valence electrons. The minimum absolute atomic E-state index is 0.0342. The topological polar surface area (TPSA) is 26.0 Å². The zero-order valence-corrected chi connectivity index (χ0v) is 12.8. The lowest BCUT2D eigenvalue weighted by Crippen LogP contribution is -2.12. The molecule has 0 aliphatic heterocycles. The van der Waals surface area contributed by atoms with E-state index in [0.717, 1.165) is 6.42 Å². The Labute approximate surface area is 122 Å². The van der Waals surface area contributed by atoms with Crippen molar-refractivity contribution in [2.45, 2.75) is 45.6 Å². The summed E-state index contributed by atoms with van der Waals surface area (Å²) in [5.74, 6) is 0.563. The fraction of sp³-hybridized carbons (Fsp3) is 0.368. The van der Waals surface area contributed by atoms with Gasteiger partial charge in [0.15, 0.2) is 0 Å². The van der Waals surface area contributed by atoms with Crippen LogP contribution in [0.15, 0.2) is 48.5 Å². The first-order valence-electron chi connectivity index (χ1n) is 7.56. The number of rotatable bonds is 5. The first kappa shape index (κ1) is 14.8. The van der Waals surface area contributed by atoms with Crippen molar-refractivity contribution in [1.82, 2.24) is 0 Å². The largest absolute Gasteiger partial charge is 0.320 e. The normalized spacial score (nSPS) is 12.7.